The Morgan fingerprint density at radius 2 is 1.94 bits per heavy atom. The minimum atomic E-state index is -1.95. The lowest BCUT2D eigenvalue weighted by molar-refractivity contribution is 0.0860. The van der Waals surface area contributed by atoms with Gasteiger partial charge >= 0.3 is 0 Å². The van der Waals surface area contributed by atoms with Crippen molar-refractivity contribution in [1.82, 2.24) is 15.1 Å². The lowest BCUT2D eigenvalue weighted by Gasteiger charge is -2.24. The van der Waals surface area contributed by atoms with Crippen LogP contribution in [0.1, 0.15) is 47.1 Å². The maximum Gasteiger partial charge on any atom is 0.272 e. The van der Waals surface area contributed by atoms with E-state index < -0.39 is 47.1 Å². The van der Waals surface area contributed by atoms with Crippen LogP contribution >= 0.6 is 0 Å². The van der Waals surface area contributed by atoms with E-state index in [-0.39, 0.29) is 5.69 Å². The molecule has 0 aliphatic heterocycles. The normalized spacial score (nSPS) is 14.0. The summed E-state index contributed by atoms with van der Waals surface area (Å²) >= 11 is 0. The molecule has 9 heteroatoms. The topological polar surface area (TPSA) is 84.2 Å². The highest BCUT2D eigenvalue weighted by atomic mass is 19.1. The molecule has 0 fully saturated rings. The summed E-state index contributed by atoms with van der Waals surface area (Å²) in [6.07, 6.45) is 0. The second kappa shape index (κ2) is 8.96. The molecule has 2 atom stereocenters. The molecule has 0 spiro atoms. The van der Waals surface area contributed by atoms with E-state index in [2.05, 4.69) is 10.4 Å². The fourth-order valence-electron chi connectivity index (χ4n) is 3.47. The zero-order chi connectivity index (χ0) is 23.6. The summed E-state index contributed by atoms with van der Waals surface area (Å²) in [5.74, 6) is -2.31. The molecule has 0 saturated heterocycles. The van der Waals surface area contributed by atoms with Crippen molar-refractivity contribution in [2.45, 2.75) is 32.5 Å². The number of nitrogens with one attached hydrogen (secondary N) is 1. The largest absolute Gasteiger partial charge is 0.393 e. The van der Waals surface area contributed by atoms with Crippen molar-refractivity contribution in [3.8, 4) is 5.69 Å². The van der Waals surface area contributed by atoms with E-state index in [1.54, 1.807) is 32.0 Å². The van der Waals surface area contributed by atoms with Gasteiger partial charge in [0.1, 0.15) is 23.0 Å². The Labute approximate surface area is 182 Å². The molecule has 0 radical (unpaired) electrons. The van der Waals surface area contributed by atoms with Gasteiger partial charge in [-0.2, -0.15) is 9.78 Å². The number of aliphatic hydroxyl groups excluding tert-OH is 1. The first kappa shape index (κ1) is 23.2. The van der Waals surface area contributed by atoms with Crippen LogP contribution in [-0.2, 0) is 5.67 Å². The number of benzene rings is 2. The summed E-state index contributed by atoms with van der Waals surface area (Å²) in [6, 6.07) is 9.08. The molecular weight excluding hydrogens is 423 g/mol. The number of hydrogen-bond acceptors (Lipinski definition) is 4. The van der Waals surface area contributed by atoms with E-state index in [0.29, 0.717) is 21.4 Å². The summed E-state index contributed by atoms with van der Waals surface area (Å²) in [6.45, 7) is 3.94. The highest BCUT2D eigenvalue weighted by Gasteiger charge is 2.28. The third-order valence-electron chi connectivity index (χ3n) is 5.22. The van der Waals surface area contributed by atoms with E-state index in [1.165, 1.54) is 13.0 Å². The first-order valence-corrected chi connectivity index (χ1v) is 9.81. The fraction of sp³-hybridized carbons (Fsp3) is 0.261. The number of carbonyl (C=O) groups excluding carboxylic acids is 1. The molecule has 168 valence electrons. The number of hydrogen-bond donors (Lipinski definition) is 2. The molecule has 1 heterocycles. The summed E-state index contributed by atoms with van der Waals surface area (Å²) in [7, 11) is 0. The molecule has 0 saturated carbocycles. The summed E-state index contributed by atoms with van der Waals surface area (Å²) < 4.78 is 42.9. The van der Waals surface area contributed by atoms with Crippen molar-refractivity contribution >= 4 is 5.91 Å². The van der Waals surface area contributed by atoms with Crippen molar-refractivity contribution in [3.63, 3.8) is 0 Å². The van der Waals surface area contributed by atoms with Gasteiger partial charge in [-0.15, -0.1) is 0 Å². The third-order valence-corrected chi connectivity index (χ3v) is 5.22. The molecule has 0 aliphatic carbocycles. The second-order valence-electron chi connectivity index (χ2n) is 7.63. The van der Waals surface area contributed by atoms with Gasteiger partial charge in [0.15, 0.2) is 5.67 Å². The summed E-state index contributed by atoms with van der Waals surface area (Å²) in [5, 5.41) is 15.9. The minimum Gasteiger partial charge on any atom is -0.393 e. The zero-order valence-electron chi connectivity index (χ0n) is 17.7. The predicted molar refractivity (Wildman–Crippen MR) is 112 cm³/mol. The Bertz CT molecular complexity index is 1220. The van der Waals surface area contributed by atoms with E-state index in [0.717, 1.165) is 24.3 Å². The molecule has 2 aromatic carbocycles. The van der Waals surface area contributed by atoms with E-state index >= 15 is 0 Å². The second-order valence-corrected chi connectivity index (χ2v) is 7.63. The highest BCUT2D eigenvalue weighted by molar-refractivity contribution is 5.92. The lowest BCUT2D eigenvalue weighted by Crippen LogP contribution is -2.31. The summed E-state index contributed by atoms with van der Waals surface area (Å²) in [5.41, 5.74) is -1.82. The molecule has 1 unspecified atom stereocenters. The van der Waals surface area contributed by atoms with Crippen LogP contribution in [0.15, 0.2) is 53.3 Å². The van der Waals surface area contributed by atoms with Crippen LogP contribution in [0.3, 0.4) is 0 Å². The van der Waals surface area contributed by atoms with Gasteiger partial charge in [-0.1, -0.05) is 18.2 Å². The molecule has 2 N–H and O–H groups in total. The Morgan fingerprint density at radius 1 is 1.22 bits per heavy atom. The molecular formula is C23H22F3N3O3. The minimum absolute atomic E-state index is 0.195. The number of aromatic nitrogens is 2. The molecule has 0 aliphatic rings. The fourth-order valence-corrected chi connectivity index (χ4v) is 3.47. The monoisotopic (exact) mass is 445 g/mol. The van der Waals surface area contributed by atoms with Gasteiger partial charge in [0.05, 0.1) is 12.6 Å². The van der Waals surface area contributed by atoms with E-state index in [1.807, 2.05) is 0 Å². The van der Waals surface area contributed by atoms with Gasteiger partial charge in [-0.25, -0.2) is 13.2 Å². The average molecular weight is 445 g/mol. The van der Waals surface area contributed by atoms with Crippen LogP contribution in [0.2, 0.25) is 0 Å². The molecule has 32 heavy (non-hydrogen) atoms. The maximum atomic E-state index is 14.7. The SMILES string of the molecule is Cc1c([C@@H](C)NC(=O)c2ccc(=O)n(-c3cc(F)ccc3F)n2)cccc1C(C)(F)CO. The van der Waals surface area contributed by atoms with Crippen LogP contribution in [-0.4, -0.2) is 27.4 Å². The Hall–Kier alpha value is -3.46. The first-order valence-electron chi connectivity index (χ1n) is 9.81. The predicted octanol–water partition coefficient (Wildman–Crippen LogP) is 3.49. The van der Waals surface area contributed by atoms with Gasteiger partial charge in [0.2, 0.25) is 0 Å². The molecule has 3 aromatic rings. The number of carbonyl (C=O) groups is 1. The number of halogens is 3. The Kier molecular flexibility index (Phi) is 6.50. The molecule has 3 rings (SSSR count). The van der Waals surface area contributed by atoms with Crippen LogP contribution in [0.25, 0.3) is 5.69 Å². The Balaban J connectivity index is 1.91. The maximum absolute atomic E-state index is 14.7. The van der Waals surface area contributed by atoms with Gasteiger partial charge in [0, 0.05) is 12.1 Å². The van der Waals surface area contributed by atoms with Crippen molar-refractivity contribution in [3.05, 3.63) is 92.9 Å². The van der Waals surface area contributed by atoms with Crippen molar-refractivity contribution in [2.24, 2.45) is 0 Å². The van der Waals surface area contributed by atoms with Crippen LogP contribution in [0.5, 0.6) is 0 Å². The summed E-state index contributed by atoms with van der Waals surface area (Å²) in [4.78, 5) is 24.9. The number of alkyl halides is 1. The third kappa shape index (κ3) is 4.57. The van der Waals surface area contributed by atoms with Crippen LogP contribution in [0, 0.1) is 18.6 Å². The highest BCUT2D eigenvalue weighted by Crippen LogP contribution is 2.31. The smallest absolute Gasteiger partial charge is 0.272 e. The van der Waals surface area contributed by atoms with Crippen LogP contribution < -0.4 is 10.9 Å². The van der Waals surface area contributed by atoms with Gasteiger partial charge in [0.25, 0.3) is 11.5 Å². The number of rotatable bonds is 6. The standard InChI is InChI=1S/C23H22F3N3O3/c1-13-16(5-4-6-17(13)23(3,26)12-30)14(2)27-22(32)19-9-10-21(31)29(28-19)20-11-15(24)7-8-18(20)25/h4-11,14,30H,12H2,1-3H3,(H,27,32)/t14-,23?/m1/s1. The van der Waals surface area contributed by atoms with E-state index in [9.17, 15) is 27.9 Å². The molecule has 1 aromatic heterocycles. The van der Waals surface area contributed by atoms with Gasteiger partial charge < -0.3 is 10.4 Å². The lowest BCUT2D eigenvalue weighted by atomic mass is 9.89. The molecule has 6 nitrogen and oxygen atoms in total. The van der Waals surface area contributed by atoms with E-state index in [4.69, 9.17) is 0 Å². The van der Waals surface area contributed by atoms with Gasteiger partial charge in [-0.3, -0.25) is 9.59 Å². The zero-order valence-corrected chi connectivity index (χ0v) is 17.7. The number of aliphatic hydroxyl groups is 1. The quantitative estimate of drug-likeness (QED) is 0.609. The average Bonchev–Trinajstić information content (AvgIpc) is 2.75. The van der Waals surface area contributed by atoms with Crippen molar-refractivity contribution in [2.75, 3.05) is 6.61 Å². The number of nitrogens with zero attached hydrogens (tertiary/aromatic N) is 2. The first-order chi connectivity index (χ1) is 15.0. The van der Waals surface area contributed by atoms with Crippen molar-refractivity contribution in [1.29, 1.82) is 0 Å². The molecule has 0 bridgehead atoms. The molecule has 1 amide bonds. The van der Waals surface area contributed by atoms with Crippen LogP contribution in [0.4, 0.5) is 13.2 Å². The van der Waals surface area contributed by atoms with Gasteiger partial charge in [-0.05, 0) is 55.7 Å². The Morgan fingerprint density at radius 3 is 2.62 bits per heavy atom. The van der Waals surface area contributed by atoms with Crippen molar-refractivity contribution < 1.29 is 23.1 Å². The number of amides is 1.